The molecule has 0 aromatic heterocycles. The van der Waals surface area contributed by atoms with Crippen LogP contribution in [0.25, 0.3) is 0 Å². The number of hydrogen-bond donors (Lipinski definition) is 0. The van der Waals surface area contributed by atoms with Crippen molar-refractivity contribution in [2.75, 3.05) is 0 Å². The van der Waals surface area contributed by atoms with Crippen LogP contribution >= 0.6 is 22.6 Å². The van der Waals surface area contributed by atoms with Crippen molar-refractivity contribution in [3.8, 4) is 0 Å². The Morgan fingerprint density at radius 2 is 1.79 bits per heavy atom. The van der Waals surface area contributed by atoms with E-state index in [1.54, 1.807) is 22.6 Å². The van der Waals surface area contributed by atoms with Gasteiger partial charge in [-0.2, -0.15) is 0 Å². The SMILES string of the molecule is Cc1ccc(F)c(C(=O)c2ccc(F)cc2I)c1F. The molecule has 0 atom stereocenters. The maximum Gasteiger partial charge on any atom is 0.200 e. The predicted octanol–water partition coefficient (Wildman–Crippen LogP) is 4.25. The molecular formula is C14H8F3IO. The maximum atomic E-state index is 13.9. The van der Waals surface area contributed by atoms with Crippen molar-refractivity contribution in [1.82, 2.24) is 0 Å². The summed E-state index contributed by atoms with van der Waals surface area (Å²) >= 11 is 1.75. The topological polar surface area (TPSA) is 17.1 Å². The van der Waals surface area contributed by atoms with E-state index in [9.17, 15) is 18.0 Å². The van der Waals surface area contributed by atoms with Crippen LogP contribution in [0, 0.1) is 27.9 Å². The Hall–Kier alpha value is -1.37. The van der Waals surface area contributed by atoms with Gasteiger partial charge in [0.15, 0.2) is 5.78 Å². The van der Waals surface area contributed by atoms with Crippen LogP contribution in [0.5, 0.6) is 0 Å². The quantitative estimate of drug-likeness (QED) is 0.566. The summed E-state index contributed by atoms with van der Waals surface area (Å²) in [5, 5.41) is 0. The Morgan fingerprint density at radius 1 is 1.11 bits per heavy atom. The second-order valence-electron chi connectivity index (χ2n) is 4.01. The van der Waals surface area contributed by atoms with Crippen LogP contribution < -0.4 is 0 Å². The molecule has 0 amide bonds. The molecule has 2 aromatic carbocycles. The first-order chi connectivity index (χ1) is 8.91. The molecular weight excluding hydrogens is 368 g/mol. The van der Waals surface area contributed by atoms with Crippen molar-refractivity contribution >= 4 is 28.4 Å². The number of ketones is 1. The van der Waals surface area contributed by atoms with E-state index in [1.807, 2.05) is 0 Å². The van der Waals surface area contributed by atoms with Gasteiger partial charge in [0.1, 0.15) is 17.5 Å². The molecule has 0 heterocycles. The zero-order chi connectivity index (χ0) is 14.2. The van der Waals surface area contributed by atoms with E-state index in [-0.39, 0.29) is 11.1 Å². The van der Waals surface area contributed by atoms with Gasteiger partial charge in [0, 0.05) is 9.13 Å². The molecule has 0 aliphatic rings. The monoisotopic (exact) mass is 376 g/mol. The van der Waals surface area contributed by atoms with Gasteiger partial charge in [0.25, 0.3) is 0 Å². The van der Waals surface area contributed by atoms with Crippen LogP contribution in [-0.4, -0.2) is 5.78 Å². The minimum absolute atomic E-state index is 0.0744. The number of benzene rings is 2. The van der Waals surface area contributed by atoms with Crippen LogP contribution in [0.3, 0.4) is 0 Å². The standard InChI is InChI=1S/C14H8F3IO/c1-7-2-5-10(16)12(13(7)17)14(19)9-4-3-8(15)6-11(9)18/h2-6H,1H3. The van der Waals surface area contributed by atoms with Crippen LogP contribution in [0.4, 0.5) is 13.2 Å². The lowest BCUT2D eigenvalue weighted by molar-refractivity contribution is 0.103. The van der Waals surface area contributed by atoms with Crippen LogP contribution in [0.2, 0.25) is 0 Å². The number of aryl methyl sites for hydroxylation is 1. The van der Waals surface area contributed by atoms with Gasteiger partial charge in [-0.15, -0.1) is 0 Å². The van der Waals surface area contributed by atoms with Crippen molar-refractivity contribution in [1.29, 1.82) is 0 Å². The Labute approximate surface area is 121 Å². The Morgan fingerprint density at radius 3 is 2.42 bits per heavy atom. The van der Waals surface area contributed by atoms with Crippen LogP contribution in [-0.2, 0) is 0 Å². The van der Waals surface area contributed by atoms with Crippen molar-refractivity contribution < 1.29 is 18.0 Å². The fourth-order valence-corrected chi connectivity index (χ4v) is 2.40. The molecule has 0 aliphatic heterocycles. The normalized spacial score (nSPS) is 10.6. The third-order valence-corrected chi connectivity index (χ3v) is 3.58. The van der Waals surface area contributed by atoms with E-state index < -0.39 is 28.8 Å². The van der Waals surface area contributed by atoms with Crippen LogP contribution in [0.1, 0.15) is 21.5 Å². The number of rotatable bonds is 2. The molecule has 19 heavy (non-hydrogen) atoms. The minimum Gasteiger partial charge on any atom is -0.288 e. The highest BCUT2D eigenvalue weighted by Crippen LogP contribution is 2.23. The second-order valence-corrected chi connectivity index (χ2v) is 5.17. The van der Waals surface area contributed by atoms with Gasteiger partial charge < -0.3 is 0 Å². The van der Waals surface area contributed by atoms with E-state index >= 15 is 0 Å². The molecule has 1 nitrogen and oxygen atoms in total. The Bertz CT molecular complexity index is 668. The van der Waals surface area contributed by atoms with Gasteiger partial charge in [-0.1, -0.05) is 6.07 Å². The maximum absolute atomic E-state index is 13.9. The van der Waals surface area contributed by atoms with E-state index in [0.29, 0.717) is 3.57 Å². The lowest BCUT2D eigenvalue weighted by Crippen LogP contribution is -2.10. The molecule has 0 saturated heterocycles. The largest absolute Gasteiger partial charge is 0.288 e. The summed E-state index contributed by atoms with van der Waals surface area (Å²) < 4.78 is 40.8. The molecule has 0 fully saturated rings. The van der Waals surface area contributed by atoms with Crippen molar-refractivity contribution in [3.63, 3.8) is 0 Å². The summed E-state index contributed by atoms with van der Waals surface area (Å²) in [5.74, 6) is -3.10. The van der Waals surface area contributed by atoms with Crippen molar-refractivity contribution in [2.24, 2.45) is 0 Å². The fraction of sp³-hybridized carbons (Fsp3) is 0.0714. The van der Waals surface area contributed by atoms with Gasteiger partial charge >= 0.3 is 0 Å². The summed E-state index contributed by atoms with van der Waals surface area (Å²) in [4.78, 5) is 12.2. The highest BCUT2D eigenvalue weighted by Gasteiger charge is 2.22. The van der Waals surface area contributed by atoms with Gasteiger partial charge in [-0.3, -0.25) is 4.79 Å². The smallest absolute Gasteiger partial charge is 0.200 e. The minimum atomic E-state index is -0.923. The summed E-state index contributed by atoms with van der Waals surface area (Å²) in [6, 6.07) is 5.75. The van der Waals surface area contributed by atoms with Crippen molar-refractivity contribution in [3.05, 3.63) is 68.0 Å². The number of hydrogen-bond acceptors (Lipinski definition) is 1. The molecule has 2 aromatic rings. The summed E-state index contributed by atoms with van der Waals surface area (Å²) in [7, 11) is 0. The number of carbonyl (C=O) groups is 1. The molecule has 98 valence electrons. The average Bonchev–Trinajstić information content (AvgIpc) is 2.34. The third-order valence-electron chi connectivity index (χ3n) is 2.69. The summed E-state index contributed by atoms with van der Waals surface area (Å²) in [6.45, 7) is 1.45. The zero-order valence-corrected chi connectivity index (χ0v) is 12.0. The molecule has 0 N–H and O–H groups in total. The number of carbonyl (C=O) groups excluding carboxylic acids is 1. The number of halogens is 4. The third kappa shape index (κ3) is 2.65. The highest BCUT2D eigenvalue weighted by molar-refractivity contribution is 14.1. The second kappa shape index (κ2) is 5.32. The lowest BCUT2D eigenvalue weighted by atomic mass is 10.0. The van der Waals surface area contributed by atoms with Gasteiger partial charge in [0.2, 0.25) is 0 Å². The Balaban J connectivity index is 2.59. The first-order valence-corrected chi connectivity index (χ1v) is 6.44. The fourth-order valence-electron chi connectivity index (χ4n) is 1.67. The Kier molecular flexibility index (Phi) is 3.93. The molecule has 0 spiro atoms. The van der Waals surface area contributed by atoms with E-state index in [0.717, 1.165) is 18.2 Å². The van der Waals surface area contributed by atoms with Crippen molar-refractivity contribution in [2.45, 2.75) is 6.92 Å². The summed E-state index contributed by atoms with van der Waals surface area (Å²) in [6.07, 6.45) is 0. The van der Waals surface area contributed by atoms with E-state index in [1.165, 1.54) is 19.1 Å². The average molecular weight is 376 g/mol. The first kappa shape index (κ1) is 14.0. The van der Waals surface area contributed by atoms with Gasteiger partial charge in [0.05, 0.1) is 5.56 Å². The van der Waals surface area contributed by atoms with Gasteiger partial charge in [-0.05, 0) is 59.3 Å². The van der Waals surface area contributed by atoms with E-state index in [2.05, 4.69) is 0 Å². The van der Waals surface area contributed by atoms with Gasteiger partial charge in [-0.25, -0.2) is 13.2 Å². The van der Waals surface area contributed by atoms with Crippen LogP contribution in [0.15, 0.2) is 30.3 Å². The molecule has 0 bridgehead atoms. The lowest BCUT2D eigenvalue weighted by Gasteiger charge is -2.08. The molecule has 0 radical (unpaired) electrons. The zero-order valence-electron chi connectivity index (χ0n) is 9.81. The molecule has 2 rings (SSSR count). The first-order valence-electron chi connectivity index (χ1n) is 5.36. The summed E-state index contributed by atoms with van der Waals surface area (Å²) in [5.41, 5.74) is -0.350. The highest BCUT2D eigenvalue weighted by atomic mass is 127. The molecule has 0 unspecified atom stereocenters. The molecule has 0 aliphatic carbocycles. The molecule has 0 saturated carbocycles. The predicted molar refractivity (Wildman–Crippen MR) is 73.6 cm³/mol. The van der Waals surface area contributed by atoms with E-state index in [4.69, 9.17) is 0 Å². The molecule has 5 heteroatoms.